The van der Waals surface area contributed by atoms with E-state index in [4.69, 9.17) is 5.26 Å². The Balaban J connectivity index is 1.64. The van der Waals surface area contributed by atoms with Crippen LogP contribution in [0, 0.1) is 11.3 Å². The molecule has 2 unspecified atom stereocenters. The molecule has 0 saturated carbocycles. The summed E-state index contributed by atoms with van der Waals surface area (Å²) in [5.74, 6) is -5.15. The third-order valence-electron chi connectivity index (χ3n) is 5.50. The van der Waals surface area contributed by atoms with Gasteiger partial charge in [0.15, 0.2) is 0 Å². The second kappa shape index (κ2) is 10.2. The van der Waals surface area contributed by atoms with Crippen molar-refractivity contribution in [1.29, 1.82) is 5.26 Å². The second-order valence-corrected chi connectivity index (χ2v) is 8.16. The first-order valence-electron chi connectivity index (χ1n) is 10.5. The van der Waals surface area contributed by atoms with E-state index in [2.05, 4.69) is 15.0 Å². The molecule has 1 aromatic carbocycles. The van der Waals surface area contributed by atoms with Crippen LogP contribution in [0.15, 0.2) is 42.7 Å². The van der Waals surface area contributed by atoms with Crippen molar-refractivity contribution in [3.8, 4) is 11.8 Å². The van der Waals surface area contributed by atoms with Gasteiger partial charge in [-0.15, -0.1) is 13.2 Å². The maximum absolute atomic E-state index is 13.6. The van der Waals surface area contributed by atoms with Gasteiger partial charge in [-0.1, -0.05) is 19.1 Å². The number of nitrogens with one attached hydrogen (secondary N) is 1. The Kier molecular flexibility index (Phi) is 7.57. The number of nitrogens with zero attached hydrogens (tertiary/aromatic N) is 3. The van der Waals surface area contributed by atoms with E-state index in [1.165, 1.54) is 42.7 Å². The minimum absolute atomic E-state index is 0.209. The van der Waals surface area contributed by atoms with Gasteiger partial charge < -0.3 is 15.0 Å². The van der Waals surface area contributed by atoms with E-state index in [0.29, 0.717) is 17.5 Å². The number of benzene rings is 1. The van der Waals surface area contributed by atoms with E-state index < -0.39 is 49.7 Å². The van der Waals surface area contributed by atoms with E-state index in [1.807, 2.05) is 6.92 Å². The lowest BCUT2D eigenvalue weighted by atomic mass is 9.92. The quantitative estimate of drug-likeness (QED) is 0.589. The number of ether oxygens (including phenoxy) is 1. The van der Waals surface area contributed by atoms with Gasteiger partial charge in [0.25, 0.3) is 11.8 Å². The smallest absolute Gasteiger partial charge is 0.406 e. The predicted octanol–water partition coefficient (Wildman–Crippen LogP) is 3.82. The van der Waals surface area contributed by atoms with Crippen LogP contribution in [-0.2, 0) is 11.2 Å². The largest absolute Gasteiger partial charge is 0.573 e. The number of amides is 2. The Hall–Kier alpha value is -3.75. The summed E-state index contributed by atoms with van der Waals surface area (Å²) in [4.78, 5) is 29.8. The molecule has 2 heterocycles. The fourth-order valence-corrected chi connectivity index (χ4v) is 3.80. The molecule has 2 atom stereocenters. The first kappa shape index (κ1) is 25.9. The molecule has 1 aliphatic rings. The van der Waals surface area contributed by atoms with Crippen LogP contribution in [0.1, 0.15) is 40.7 Å². The first-order valence-corrected chi connectivity index (χ1v) is 10.5. The fraction of sp³-hybridized carbons (Fsp3) is 0.391. The number of hydrogen-bond donors (Lipinski definition) is 1. The zero-order chi connectivity index (χ0) is 25.8. The average Bonchev–Trinajstić information content (AvgIpc) is 3.11. The Morgan fingerprint density at radius 2 is 1.97 bits per heavy atom. The number of aromatic nitrogens is 1. The molecule has 186 valence electrons. The molecule has 1 aliphatic heterocycles. The molecule has 0 aliphatic carbocycles. The summed E-state index contributed by atoms with van der Waals surface area (Å²) in [6, 6.07) is 7.20. The van der Waals surface area contributed by atoms with Crippen LogP contribution in [-0.4, -0.2) is 53.1 Å². The number of nitriles is 1. The Morgan fingerprint density at radius 3 is 2.60 bits per heavy atom. The standard InChI is InChI=1S/C23H21F5N4O3/c1-14(15-2-4-18(5-3-15)35-23(26,27)28)8-16-11-30-7-6-19(16)21(34)31-12-20(33)32-13-22(24,25)9-17(32)10-29/h2-7,11,14,17H,8-9,12-13H2,1H3,(H,31,34). The fourth-order valence-electron chi connectivity index (χ4n) is 3.80. The van der Waals surface area contributed by atoms with Gasteiger partial charge in [0, 0.05) is 24.4 Å². The van der Waals surface area contributed by atoms with Crippen molar-refractivity contribution in [3.63, 3.8) is 0 Å². The predicted molar refractivity (Wildman–Crippen MR) is 112 cm³/mol. The normalized spacial score (nSPS) is 18.0. The molecule has 2 amide bonds. The number of hydrogen-bond acceptors (Lipinski definition) is 5. The van der Waals surface area contributed by atoms with Gasteiger partial charge >= 0.3 is 6.36 Å². The minimum atomic E-state index is -4.79. The zero-order valence-corrected chi connectivity index (χ0v) is 18.5. The summed E-state index contributed by atoms with van der Waals surface area (Å²) < 4.78 is 68.0. The Morgan fingerprint density at radius 1 is 1.29 bits per heavy atom. The van der Waals surface area contributed by atoms with E-state index in [-0.39, 0.29) is 17.2 Å². The molecular formula is C23H21F5N4O3. The van der Waals surface area contributed by atoms with Gasteiger partial charge in [-0.25, -0.2) is 8.78 Å². The molecule has 35 heavy (non-hydrogen) atoms. The molecule has 0 spiro atoms. The molecule has 3 rings (SSSR count). The maximum Gasteiger partial charge on any atom is 0.573 e. The van der Waals surface area contributed by atoms with Crippen molar-refractivity contribution >= 4 is 11.8 Å². The summed E-state index contributed by atoms with van der Waals surface area (Å²) in [6.07, 6.45) is -2.41. The third kappa shape index (κ3) is 6.88. The molecule has 1 fully saturated rings. The summed E-state index contributed by atoms with van der Waals surface area (Å²) in [7, 11) is 0. The number of pyridine rings is 1. The van der Waals surface area contributed by atoms with Crippen LogP contribution in [0.2, 0.25) is 0 Å². The topological polar surface area (TPSA) is 95.3 Å². The van der Waals surface area contributed by atoms with E-state index in [0.717, 1.165) is 4.90 Å². The SMILES string of the molecule is CC(Cc1cnccc1C(=O)NCC(=O)N1CC(F)(F)CC1C#N)c1ccc(OC(F)(F)F)cc1. The maximum atomic E-state index is 13.6. The number of alkyl halides is 5. The van der Waals surface area contributed by atoms with Crippen LogP contribution >= 0.6 is 0 Å². The van der Waals surface area contributed by atoms with Gasteiger partial charge in [-0.3, -0.25) is 14.6 Å². The summed E-state index contributed by atoms with van der Waals surface area (Å²) in [6.45, 7) is 0.364. The average molecular weight is 496 g/mol. The van der Waals surface area contributed by atoms with Gasteiger partial charge in [0.1, 0.15) is 11.8 Å². The lowest BCUT2D eigenvalue weighted by Gasteiger charge is -2.20. The summed E-state index contributed by atoms with van der Waals surface area (Å²) in [5.41, 5.74) is 1.42. The molecule has 0 radical (unpaired) electrons. The van der Waals surface area contributed by atoms with Crippen LogP contribution in [0.3, 0.4) is 0 Å². The molecule has 2 aromatic rings. The first-order chi connectivity index (χ1) is 16.4. The molecule has 1 aromatic heterocycles. The highest BCUT2D eigenvalue weighted by Gasteiger charge is 2.47. The molecular weight excluding hydrogens is 475 g/mol. The number of carbonyl (C=O) groups excluding carboxylic acids is 2. The van der Waals surface area contributed by atoms with E-state index in [1.54, 1.807) is 6.07 Å². The minimum Gasteiger partial charge on any atom is -0.406 e. The highest BCUT2D eigenvalue weighted by molar-refractivity contribution is 5.97. The van der Waals surface area contributed by atoms with Crippen LogP contribution in [0.4, 0.5) is 22.0 Å². The van der Waals surface area contributed by atoms with Gasteiger partial charge in [0.05, 0.1) is 19.2 Å². The zero-order valence-electron chi connectivity index (χ0n) is 18.5. The Labute approximate surface area is 197 Å². The number of carbonyl (C=O) groups is 2. The summed E-state index contributed by atoms with van der Waals surface area (Å²) in [5, 5.41) is 11.4. The molecule has 12 heteroatoms. The monoisotopic (exact) mass is 496 g/mol. The Bertz CT molecular complexity index is 1120. The molecule has 1 N–H and O–H groups in total. The van der Waals surface area contributed by atoms with Crippen molar-refractivity contribution in [1.82, 2.24) is 15.2 Å². The van der Waals surface area contributed by atoms with E-state index >= 15 is 0 Å². The molecule has 7 nitrogen and oxygen atoms in total. The number of rotatable bonds is 7. The van der Waals surface area contributed by atoms with Gasteiger partial charge in [-0.05, 0) is 41.7 Å². The molecule has 0 bridgehead atoms. The van der Waals surface area contributed by atoms with E-state index in [9.17, 15) is 31.5 Å². The van der Waals surface area contributed by atoms with Gasteiger partial charge in [0.2, 0.25) is 5.91 Å². The number of halogens is 5. The third-order valence-corrected chi connectivity index (χ3v) is 5.50. The summed E-state index contributed by atoms with van der Waals surface area (Å²) >= 11 is 0. The van der Waals surface area contributed by atoms with Crippen LogP contribution in [0.25, 0.3) is 0 Å². The highest BCUT2D eigenvalue weighted by atomic mass is 19.4. The molecule has 1 saturated heterocycles. The van der Waals surface area contributed by atoms with Crippen molar-refractivity contribution in [2.45, 2.75) is 44.0 Å². The van der Waals surface area contributed by atoms with Crippen LogP contribution in [0.5, 0.6) is 5.75 Å². The van der Waals surface area contributed by atoms with Crippen molar-refractivity contribution < 1.29 is 36.3 Å². The highest BCUT2D eigenvalue weighted by Crippen LogP contribution is 2.31. The van der Waals surface area contributed by atoms with Gasteiger partial charge in [-0.2, -0.15) is 5.26 Å². The lowest BCUT2D eigenvalue weighted by molar-refractivity contribution is -0.274. The van der Waals surface area contributed by atoms with Crippen molar-refractivity contribution in [2.24, 2.45) is 0 Å². The van der Waals surface area contributed by atoms with Crippen molar-refractivity contribution in [3.05, 3.63) is 59.4 Å². The van der Waals surface area contributed by atoms with Crippen LogP contribution < -0.4 is 10.1 Å². The lowest BCUT2D eigenvalue weighted by Crippen LogP contribution is -2.43. The number of likely N-dealkylation sites (tertiary alicyclic amines) is 1. The van der Waals surface area contributed by atoms with Crippen molar-refractivity contribution in [2.75, 3.05) is 13.1 Å². The second-order valence-electron chi connectivity index (χ2n) is 8.16.